The van der Waals surface area contributed by atoms with Crippen molar-refractivity contribution in [1.29, 1.82) is 0 Å². The van der Waals surface area contributed by atoms with Crippen LogP contribution >= 0.6 is 0 Å². The lowest BCUT2D eigenvalue weighted by Crippen LogP contribution is -2.24. The summed E-state index contributed by atoms with van der Waals surface area (Å²) < 4.78 is 34.3. The van der Waals surface area contributed by atoms with Gasteiger partial charge in [0.1, 0.15) is 35.1 Å². The second kappa shape index (κ2) is 12.4. The minimum absolute atomic E-state index is 0.113. The van der Waals surface area contributed by atoms with E-state index in [1.807, 2.05) is 54.8 Å². The van der Waals surface area contributed by atoms with Gasteiger partial charge < -0.3 is 29.4 Å². The number of anilines is 3. The van der Waals surface area contributed by atoms with Gasteiger partial charge in [-0.15, -0.1) is 0 Å². The number of nitrogens with one attached hydrogen (secondary N) is 2. The Morgan fingerprint density at radius 2 is 1.78 bits per heavy atom. The first kappa shape index (κ1) is 29.8. The fourth-order valence-corrected chi connectivity index (χ4v) is 5.50. The van der Waals surface area contributed by atoms with Crippen LogP contribution in [0.1, 0.15) is 18.4 Å². The summed E-state index contributed by atoms with van der Waals surface area (Å²) in [6.07, 6.45) is 6.32. The van der Waals surface area contributed by atoms with Crippen LogP contribution in [0.15, 0.2) is 67.0 Å². The molecule has 0 aliphatic carbocycles. The van der Waals surface area contributed by atoms with Crippen molar-refractivity contribution in [3.63, 3.8) is 0 Å². The number of aromatic nitrogens is 4. The molecule has 11 nitrogen and oxygen atoms in total. The van der Waals surface area contributed by atoms with Gasteiger partial charge in [0.2, 0.25) is 0 Å². The molecule has 232 valence electrons. The van der Waals surface area contributed by atoms with Crippen LogP contribution in [0.4, 0.5) is 21.6 Å². The third-order valence-electron chi connectivity index (χ3n) is 8.01. The number of rotatable bonds is 9. The van der Waals surface area contributed by atoms with Crippen LogP contribution in [-0.4, -0.2) is 64.2 Å². The van der Waals surface area contributed by atoms with E-state index in [2.05, 4.69) is 25.6 Å². The fraction of sp³-hybridized carbons (Fsp3) is 0.273. The van der Waals surface area contributed by atoms with Gasteiger partial charge in [-0.3, -0.25) is 9.69 Å². The molecule has 2 N–H and O–H groups in total. The number of benzene rings is 3. The molecule has 5 aromatic rings. The second-order valence-corrected chi connectivity index (χ2v) is 11.0. The van der Waals surface area contributed by atoms with E-state index < -0.39 is 11.7 Å². The molecule has 3 aromatic carbocycles. The molecule has 2 aromatic heterocycles. The predicted octanol–water partition coefficient (Wildman–Crippen LogP) is 6.26. The van der Waals surface area contributed by atoms with E-state index in [9.17, 15) is 9.18 Å². The van der Waals surface area contributed by atoms with E-state index in [4.69, 9.17) is 14.2 Å². The van der Waals surface area contributed by atoms with Crippen molar-refractivity contribution >= 4 is 45.0 Å². The first-order chi connectivity index (χ1) is 21.7. The SMILES string of the molecule is COc1cc2ncnc(Nc3cc(C)c(Oc4ccc5c(c4)ncn5C)cc3OC)c2cc1NC(=O)/C(F)=C\C1CCCN1C. The summed E-state index contributed by atoms with van der Waals surface area (Å²) in [5.74, 6) is 0.884. The molecule has 0 spiro atoms. The lowest BCUT2D eigenvalue weighted by atomic mass is 10.1. The lowest BCUT2D eigenvalue weighted by Gasteiger charge is -2.17. The minimum Gasteiger partial charge on any atom is -0.494 e. The molecule has 0 radical (unpaired) electrons. The third kappa shape index (κ3) is 6.09. The van der Waals surface area contributed by atoms with Crippen LogP contribution in [0, 0.1) is 6.92 Å². The topological polar surface area (TPSA) is 116 Å². The fourth-order valence-electron chi connectivity index (χ4n) is 5.50. The van der Waals surface area contributed by atoms with Crippen molar-refractivity contribution in [1.82, 2.24) is 24.4 Å². The number of carbonyl (C=O) groups excluding carboxylic acids is 1. The number of likely N-dealkylation sites (tertiary alicyclic amines) is 1. The molecule has 0 saturated carbocycles. The maximum absolute atomic E-state index is 14.9. The molecule has 12 heteroatoms. The van der Waals surface area contributed by atoms with Crippen LogP contribution in [0.3, 0.4) is 0 Å². The Morgan fingerprint density at radius 3 is 2.53 bits per heavy atom. The van der Waals surface area contributed by atoms with Crippen molar-refractivity contribution in [2.24, 2.45) is 7.05 Å². The molecule has 3 heterocycles. The van der Waals surface area contributed by atoms with Gasteiger partial charge in [-0.1, -0.05) is 0 Å². The molecular weight excluding hydrogens is 577 g/mol. The maximum Gasteiger partial charge on any atom is 0.284 e. The van der Waals surface area contributed by atoms with Crippen LogP contribution in [0.25, 0.3) is 21.9 Å². The predicted molar refractivity (Wildman–Crippen MR) is 171 cm³/mol. The number of imidazole rings is 1. The van der Waals surface area contributed by atoms with E-state index in [-0.39, 0.29) is 11.7 Å². The third-order valence-corrected chi connectivity index (χ3v) is 8.01. The first-order valence-corrected chi connectivity index (χ1v) is 14.5. The number of amides is 1. The number of halogens is 1. The first-order valence-electron chi connectivity index (χ1n) is 14.5. The smallest absolute Gasteiger partial charge is 0.284 e. The number of likely N-dealkylation sites (N-methyl/N-ethyl adjacent to an activating group) is 1. The highest BCUT2D eigenvalue weighted by Crippen LogP contribution is 2.39. The minimum atomic E-state index is -0.852. The zero-order valence-corrected chi connectivity index (χ0v) is 25.7. The van der Waals surface area contributed by atoms with Gasteiger partial charge in [-0.25, -0.2) is 19.3 Å². The monoisotopic (exact) mass is 611 g/mol. The van der Waals surface area contributed by atoms with Crippen molar-refractivity contribution in [2.75, 3.05) is 38.4 Å². The second-order valence-electron chi connectivity index (χ2n) is 11.0. The van der Waals surface area contributed by atoms with Crippen LogP contribution in [0.2, 0.25) is 0 Å². The van der Waals surface area contributed by atoms with E-state index >= 15 is 0 Å². The van der Waals surface area contributed by atoms with Gasteiger partial charge in [0.15, 0.2) is 5.83 Å². The lowest BCUT2D eigenvalue weighted by molar-refractivity contribution is -0.114. The highest BCUT2D eigenvalue weighted by atomic mass is 19.1. The van der Waals surface area contributed by atoms with Gasteiger partial charge in [-0.05, 0) is 69.3 Å². The Hall–Kier alpha value is -5.23. The molecule has 1 atom stereocenters. The van der Waals surface area contributed by atoms with Gasteiger partial charge >= 0.3 is 0 Å². The van der Waals surface area contributed by atoms with E-state index in [0.717, 1.165) is 36.0 Å². The normalized spacial score (nSPS) is 15.4. The molecule has 1 unspecified atom stereocenters. The molecule has 45 heavy (non-hydrogen) atoms. The van der Waals surface area contributed by atoms with Crippen LogP contribution in [0.5, 0.6) is 23.0 Å². The van der Waals surface area contributed by atoms with Crippen molar-refractivity contribution < 1.29 is 23.4 Å². The van der Waals surface area contributed by atoms with Gasteiger partial charge in [0.25, 0.3) is 5.91 Å². The molecule has 1 fully saturated rings. The molecule has 0 bridgehead atoms. The average molecular weight is 612 g/mol. The molecule has 1 amide bonds. The number of methoxy groups -OCH3 is 2. The molecule has 1 aliphatic heterocycles. The summed E-state index contributed by atoms with van der Waals surface area (Å²) >= 11 is 0. The Labute approximate surface area is 259 Å². The summed E-state index contributed by atoms with van der Waals surface area (Å²) in [6.45, 7) is 2.80. The standard InChI is InChI=1S/C33H34FN7O4/c1-19-11-26(31(44-5)16-29(19)45-21-8-9-28-25(13-21)37-18-41(28)3)38-32-22-14-27(30(43-4)15-24(22)35-17-36-32)39-33(42)23(34)12-20-7-6-10-40(20)2/h8-9,11-18,20H,6-7,10H2,1-5H3,(H,39,42)(H,35,36,38)/b23-12+. The van der Waals surface area contributed by atoms with E-state index in [1.165, 1.54) is 19.5 Å². The van der Waals surface area contributed by atoms with E-state index in [0.29, 0.717) is 45.4 Å². The molecule has 1 aliphatic rings. The number of ether oxygens (including phenoxy) is 3. The number of nitrogens with zero attached hydrogens (tertiary/aromatic N) is 5. The van der Waals surface area contributed by atoms with Gasteiger partial charge in [0, 0.05) is 36.7 Å². The van der Waals surface area contributed by atoms with Crippen molar-refractivity contribution in [2.45, 2.75) is 25.8 Å². The Balaban J connectivity index is 1.28. The zero-order valence-electron chi connectivity index (χ0n) is 25.7. The molecule has 1 saturated heterocycles. The number of fused-ring (bicyclic) bond motifs is 2. The van der Waals surface area contributed by atoms with Gasteiger partial charge in [0.05, 0.1) is 48.5 Å². The van der Waals surface area contributed by atoms with Gasteiger partial charge in [-0.2, -0.15) is 0 Å². The Morgan fingerprint density at radius 1 is 0.978 bits per heavy atom. The molecular formula is C33H34FN7O4. The summed E-state index contributed by atoms with van der Waals surface area (Å²) in [7, 11) is 6.91. The van der Waals surface area contributed by atoms with Crippen LogP contribution < -0.4 is 24.8 Å². The zero-order chi connectivity index (χ0) is 31.7. The Bertz CT molecular complexity index is 1940. The Kier molecular flexibility index (Phi) is 8.22. The largest absolute Gasteiger partial charge is 0.494 e. The highest BCUT2D eigenvalue weighted by Gasteiger charge is 2.22. The number of hydrogen-bond donors (Lipinski definition) is 2. The summed E-state index contributed by atoms with van der Waals surface area (Å²) in [4.78, 5) is 28.1. The summed E-state index contributed by atoms with van der Waals surface area (Å²) in [5.41, 5.74) is 4.17. The quantitative estimate of drug-likeness (QED) is 0.186. The van der Waals surface area contributed by atoms with Crippen molar-refractivity contribution in [3.8, 4) is 23.0 Å². The number of aryl methyl sites for hydroxylation is 2. The summed E-state index contributed by atoms with van der Waals surface area (Å²) in [6, 6.07) is 12.7. The summed E-state index contributed by atoms with van der Waals surface area (Å²) in [5, 5.41) is 6.56. The van der Waals surface area contributed by atoms with Crippen LogP contribution in [-0.2, 0) is 11.8 Å². The van der Waals surface area contributed by atoms with Crippen molar-refractivity contribution in [3.05, 3.63) is 72.6 Å². The maximum atomic E-state index is 14.9. The van der Waals surface area contributed by atoms with E-state index in [1.54, 1.807) is 31.6 Å². The molecule has 6 rings (SSSR count). The highest BCUT2D eigenvalue weighted by molar-refractivity contribution is 6.05. The average Bonchev–Trinajstić information content (AvgIpc) is 3.62. The number of carbonyl (C=O) groups is 1. The number of hydrogen-bond acceptors (Lipinski definition) is 9.